The molecule has 5 atom stereocenters. The lowest BCUT2D eigenvalue weighted by molar-refractivity contribution is 0.0402. The molecule has 0 bridgehead atoms. The molecule has 3 heteroatoms. The second kappa shape index (κ2) is 4.40. The van der Waals surface area contributed by atoms with Crippen molar-refractivity contribution in [2.24, 2.45) is 23.7 Å². The van der Waals surface area contributed by atoms with E-state index in [-0.39, 0.29) is 37.1 Å². The molecule has 13 heavy (non-hydrogen) atoms. The van der Waals surface area contributed by atoms with Gasteiger partial charge in [-0.2, -0.15) is 0 Å². The van der Waals surface area contributed by atoms with Gasteiger partial charge in [-0.15, -0.1) is 0 Å². The summed E-state index contributed by atoms with van der Waals surface area (Å²) >= 11 is 0. The maximum absolute atomic E-state index is 9.74. The summed E-state index contributed by atoms with van der Waals surface area (Å²) in [7, 11) is 0. The lowest BCUT2D eigenvalue weighted by atomic mass is 9.82. The average molecular weight is 188 g/mol. The summed E-state index contributed by atoms with van der Waals surface area (Å²) in [6.07, 6.45) is 0.398. The molecule has 1 aliphatic rings. The Morgan fingerprint density at radius 2 is 2.00 bits per heavy atom. The molecule has 0 aromatic carbocycles. The van der Waals surface area contributed by atoms with Crippen molar-refractivity contribution in [1.82, 2.24) is 0 Å². The first-order chi connectivity index (χ1) is 6.11. The highest BCUT2D eigenvalue weighted by atomic mass is 16.3. The van der Waals surface area contributed by atoms with Crippen LogP contribution in [0.5, 0.6) is 0 Å². The SMILES string of the molecule is C[C@H]1C[C@H](O)[C@@H]([C@@H](C)CO)[C@@H]1CO. The molecule has 0 radical (unpaired) electrons. The molecular weight excluding hydrogens is 168 g/mol. The Kier molecular flexibility index (Phi) is 3.71. The molecular formula is C10H20O3. The van der Waals surface area contributed by atoms with Crippen LogP contribution in [0.25, 0.3) is 0 Å². The summed E-state index contributed by atoms with van der Waals surface area (Å²) in [5.74, 6) is 0.651. The van der Waals surface area contributed by atoms with Crippen molar-refractivity contribution in [2.45, 2.75) is 26.4 Å². The Balaban J connectivity index is 2.68. The lowest BCUT2D eigenvalue weighted by Crippen LogP contribution is -2.30. The van der Waals surface area contributed by atoms with E-state index >= 15 is 0 Å². The third-order valence-electron chi connectivity index (χ3n) is 3.44. The Labute approximate surface area is 79.4 Å². The normalized spacial score (nSPS) is 42.2. The lowest BCUT2D eigenvalue weighted by Gasteiger charge is -2.26. The van der Waals surface area contributed by atoms with E-state index in [1.54, 1.807) is 0 Å². The van der Waals surface area contributed by atoms with E-state index in [0.717, 1.165) is 6.42 Å². The maximum atomic E-state index is 9.74. The second-order valence-corrected chi connectivity index (χ2v) is 4.36. The van der Waals surface area contributed by atoms with E-state index in [0.29, 0.717) is 5.92 Å². The van der Waals surface area contributed by atoms with Crippen LogP contribution >= 0.6 is 0 Å². The number of aliphatic hydroxyl groups is 3. The highest BCUT2D eigenvalue weighted by Gasteiger charge is 2.42. The molecule has 1 fully saturated rings. The van der Waals surface area contributed by atoms with Crippen molar-refractivity contribution >= 4 is 0 Å². The predicted octanol–water partition coefficient (Wildman–Crippen LogP) is 0.240. The number of hydrogen-bond donors (Lipinski definition) is 3. The van der Waals surface area contributed by atoms with Gasteiger partial charge >= 0.3 is 0 Å². The van der Waals surface area contributed by atoms with Gasteiger partial charge in [0, 0.05) is 13.2 Å². The molecule has 3 N–H and O–H groups in total. The summed E-state index contributed by atoms with van der Waals surface area (Å²) in [4.78, 5) is 0. The average Bonchev–Trinajstić information content (AvgIpc) is 2.39. The number of rotatable bonds is 3. The van der Waals surface area contributed by atoms with Crippen LogP contribution in [-0.4, -0.2) is 34.6 Å². The van der Waals surface area contributed by atoms with E-state index < -0.39 is 0 Å². The van der Waals surface area contributed by atoms with Gasteiger partial charge in [-0.3, -0.25) is 0 Å². The van der Waals surface area contributed by atoms with E-state index in [4.69, 9.17) is 5.11 Å². The van der Waals surface area contributed by atoms with Gasteiger partial charge in [-0.25, -0.2) is 0 Å². The van der Waals surface area contributed by atoms with Gasteiger partial charge in [0.05, 0.1) is 6.10 Å². The molecule has 0 saturated heterocycles. The fourth-order valence-electron chi connectivity index (χ4n) is 2.60. The minimum atomic E-state index is -0.353. The van der Waals surface area contributed by atoms with E-state index in [1.807, 2.05) is 13.8 Å². The van der Waals surface area contributed by atoms with Gasteiger partial charge in [-0.1, -0.05) is 13.8 Å². The first kappa shape index (κ1) is 11.0. The molecule has 0 spiro atoms. The van der Waals surface area contributed by atoms with E-state index in [1.165, 1.54) is 0 Å². The summed E-state index contributed by atoms with van der Waals surface area (Å²) in [5, 5.41) is 27.9. The Morgan fingerprint density at radius 1 is 1.38 bits per heavy atom. The van der Waals surface area contributed by atoms with Crippen LogP contribution < -0.4 is 0 Å². The smallest absolute Gasteiger partial charge is 0.0578 e. The van der Waals surface area contributed by atoms with Crippen molar-refractivity contribution < 1.29 is 15.3 Å². The van der Waals surface area contributed by atoms with Crippen molar-refractivity contribution in [1.29, 1.82) is 0 Å². The first-order valence-electron chi connectivity index (χ1n) is 5.01. The number of hydrogen-bond acceptors (Lipinski definition) is 3. The van der Waals surface area contributed by atoms with Crippen LogP contribution in [0.1, 0.15) is 20.3 Å². The zero-order valence-corrected chi connectivity index (χ0v) is 8.35. The third kappa shape index (κ3) is 2.03. The van der Waals surface area contributed by atoms with E-state index in [9.17, 15) is 10.2 Å². The first-order valence-corrected chi connectivity index (χ1v) is 5.01. The highest BCUT2D eigenvalue weighted by molar-refractivity contribution is 4.91. The predicted molar refractivity (Wildman–Crippen MR) is 50.1 cm³/mol. The number of aliphatic hydroxyl groups excluding tert-OH is 3. The maximum Gasteiger partial charge on any atom is 0.0578 e. The second-order valence-electron chi connectivity index (χ2n) is 4.36. The fourth-order valence-corrected chi connectivity index (χ4v) is 2.60. The van der Waals surface area contributed by atoms with Crippen LogP contribution in [0.4, 0.5) is 0 Å². The zero-order valence-electron chi connectivity index (χ0n) is 8.35. The zero-order chi connectivity index (χ0) is 10.0. The standard InChI is InChI=1S/C10H20O3/c1-6-3-9(13)10(7(2)4-11)8(6)5-12/h6-13H,3-5H2,1-2H3/t6-,7-,8+,9-,10-/m0/s1. The van der Waals surface area contributed by atoms with Gasteiger partial charge in [0.1, 0.15) is 0 Å². The largest absolute Gasteiger partial charge is 0.396 e. The fraction of sp³-hybridized carbons (Fsp3) is 1.00. The van der Waals surface area contributed by atoms with Gasteiger partial charge in [0.2, 0.25) is 0 Å². The van der Waals surface area contributed by atoms with Crippen LogP contribution in [0, 0.1) is 23.7 Å². The van der Waals surface area contributed by atoms with Crippen molar-refractivity contribution in [3.63, 3.8) is 0 Å². The molecule has 1 saturated carbocycles. The molecule has 0 aromatic rings. The van der Waals surface area contributed by atoms with Crippen LogP contribution in [-0.2, 0) is 0 Å². The van der Waals surface area contributed by atoms with Crippen molar-refractivity contribution in [2.75, 3.05) is 13.2 Å². The highest BCUT2D eigenvalue weighted by Crippen LogP contribution is 2.40. The van der Waals surface area contributed by atoms with Gasteiger partial charge in [0.15, 0.2) is 0 Å². The summed E-state index contributed by atoms with van der Waals surface area (Å²) in [6, 6.07) is 0. The van der Waals surface area contributed by atoms with Crippen molar-refractivity contribution in [3.05, 3.63) is 0 Å². The molecule has 1 aliphatic carbocycles. The molecule has 0 amide bonds. The van der Waals surface area contributed by atoms with E-state index in [2.05, 4.69) is 0 Å². The summed E-state index contributed by atoms with van der Waals surface area (Å²) in [6.45, 7) is 4.18. The topological polar surface area (TPSA) is 60.7 Å². The molecule has 0 heterocycles. The molecule has 0 unspecified atom stereocenters. The molecule has 3 nitrogen and oxygen atoms in total. The molecule has 0 aliphatic heterocycles. The molecule has 1 rings (SSSR count). The van der Waals surface area contributed by atoms with Gasteiger partial charge in [0.25, 0.3) is 0 Å². The Morgan fingerprint density at radius 3 is 2.46 bits per heavy atom. The summed E-state index contributed by atoms with van der Waals surface area (Å²) in [5.41, 5.74) is 0. The Bertz CT molecular complexity index is 156. The third-order valence-corrected chi connectivity index (χ3v) is 3.44. The van der Waals surface area contributed by atoms with Gasteiger partial charge in [-0.05, 0) is 30.1 Å². The monoisotopic (exact) mass is 188 g/mol. The quantitative estimate of drug-likeness (QED) is 0.594. The van der Waals surface area contributed by atoms with Crippen LogP contribution in [0.2, 0.25) is 0 Å². The minimum Gasteiger partial charge on any atom is -0.396 e. The molecule has 78 valence electrons. The van der Waals surface area contributed by atoms with Crippen molar-refractivity contribution in [3.8, 4) is 0 Å². The van der Waals surface area contributed by atoms with Crippen LogP contribution in [0.15, 0.2) is 0 Å². The van der Waals surface area contributed by atoms with Gasteiger partial charge < -0.3 is 15.3 Å². The van der Waals surface area contributed by atoms with Crippen LogP contribution in [0.3, 0.4) is 0 Å². The Hall–Kier alpha value is -0.120. The minimum absolute atomic E-state index is 0.0602. The summed E-state index contributed by atoms with van der Waals surface area (Å²) < 4.78 is 0. The molecule has 0 aromatic heterocycles.